The molecule has 0 bridgehead atoms. The molecule has 110 valence electrons. The minimum Gasteiger partial charge on any atom is -0.393 e. The summed E-state index contributed by atoms with van der Waals surface area (Å²) in [5, 5.41) is 21.0. The lowest BCUT2D eigenvalue weighted by Crippen LogP contribution is -2.22. The van der Waals surface area contributed by atoms with Crippen molar-refractivity contribution in [2.24, 2.45) is 0 Å². The van der Waals surface area contributed by atoms with Gasteiger partial charge in [0.15, 0.2) is 0 Å². The van der Waals surface area contributed by atoms with Gasteiger partial charge in [-0.15, -0.1) is 0 Å². The zero-order chi connectivity index (χ0) is 14.4. The molecular formula is C15H21NO4. The van der Waals surface area contributed by atoms with Crippen LogP contribution in [0.4, 0.5) is 5.69 Å². The molecule has 1 aromatic carbocycles. The Balaban J connectivity index is 1.84. The van der Waals surface area contributed by atoms with Gasteiger partial charge in [0.05, 0.1) is 17.1 Å². The third kappa shape index (κ3) is 4.28. The van der Waals surface area contributed by atoms with Crippen molar-refractivity contribution < 1.29 is 14.8 Å². The Morgan fingerprint density at radius 2 is 2.20 bits per heavy atom. The Hall–Kier alpha value is -1.46. The fraction of sp³-hybridized carbons (Fsp3) is 0.600. The highest BCUT2D eigenvalue weighted by atomic mass is 16.6. The summed E-state index contributed by atoms with van der Waals surface area (Å²) < 4.78 is 5.62. The van der Waals surface area contributed by atoms with Crippen LogP contribution in [0.15, 0.2) is 24.3 Å². The summed E-state index contributed by atoms with van der Waals surface area (Å²) in [6, 6.07) is 6.59. The minimum absolute atomic E-state index is 0.0838. The van der Waals surface area contributed by atoms with Crippen molar-refractivity contribution >= 4 is 5.69 Å². The molecule has 20 heavy (non-hydrogen) atoms. The Labute approximate surface area is 118 Å². The van der Waals surface area contributed by atoms with Gasteiger partial charge in [-0.2, -0.15) is 0 Å². The standard InChI is InChI=1S/C15H21NO4/c17-13(8-9-14-6-3-4-10-20-14)11-12-5-1-2-7-15(12)16(18)19/h1-2,5,7,13-14,17H,3-4,6,8-11H2. The summed E-state index contributed by atoms with van der Waals surface area (Å²) in [7, 11) is 0. The van der Waals surface area contributed by atoms with Gasteiger partial charge in [-0.1, -0.05) is 18.2 Å². The Morgan fingerprint density at radius 3 is 2.90 bits per heavy atom. The van der Waals surface area contributed by atoms with Crippen LogP contribution in [0.25, 0.3) is 0 Å². The molecule has 2 rings (SSSR count). The van der Waals surface area contributed by atoms with E-state index in [1.807, 2.05) is 0 Å². The number of hydrogen-bond acceptors (Lipinski definition) is 4. The van der Waals surface area contributed by atoms with Crippen LogP contribution in [0.3, 0.4) is 0 Å². The number of nitro groups is 1. The Kier molecular flexibility index (Phi) is 5.49. The van der Waals surface area contributed by atoms with E-state index in [1.165, 1.54) is 12.5 Å². The first kappa shape index (κ1) is 14.9. The van der Waals surface area contributed by atoms with Crippen LogP contribution in [0, 0.1) is 10.1 Å². The number of rotatable bonds is 6. The number of para-hydroxylation sites is 1. The van der Waals surface area contributed by atoms with E-state index in [1.54, 1.807) is 18.2 Å². The fourth-order valence-electron chi connectivity index (χ4n) is 2.63. The molecule has 0 aliphatic carbocycles. The van der Waals surface area contributed by atoms with Crippen LogP contribution >= 0.6 is 0 Å². The largest absolute Gasteiger partial charge is 0.393 e. The second-order valence-corrected chi connectivity index (χ2v) is 5.31. The maximum absolute atomic E-state index is 10.9. The first-order chi connectivity index (χ1) is 9.66. The van der Waals surface area contributed by atoms with Crippen LogP contribution in [-0.4, -0.2) is 28.8 Å². The number of benzene rings is 1. The highest BCUT2D eigenvalue weighted by Gasteiger charge is 2.19. The molecule has 0 amide bonds. The van der Waals surface area contributed by atoms with E-state index in [2.05, 4.69) is 0 Å². The van der Waals surface area contributed by atoms with E-state index in [0.717, 1.165) is 25.9 Å². The average molecular weight is 279 g/mol. The summed E-state index contributed by atoms with van der Waals surface area (Å²) in [6.07, 6.45) is 4.81. The Bertz CT molecular complexity index is 443. The van der Waals surface area contributed by atoms with Crippen LogP contribution in [-0.2, 0) is 11.2 Å². The highest BCUT2D eigenvalue weighted by molar-refractivity contribution is 5.40. The van der Waals surface area contributed by atoms with E-state index < -0.39 is 11.0 Å². The maximum Gasteiger partial charge on any atom is 0.272 e. The van der Waals surface area contributed by atoms with Gasteiger partial charge in [-0.05, 0) is 32.1 Å². The van der Waals surface area contributed by atoms with Crippen molar-refractivity contribution in [1.82, 2.24) is 0 Å². The lowest BCUT2D eigenvalue weighted by atomic mass is 9.98. The molecule has 1 fully saturated rings. The zero-order valence-electron chi connectivity index (χ0n) is 11.5. The van der Waals surface area contributed by atoms with E-state index in [0.29, 0.717) is 18.4 Å². The molecule has 1 aliphatic heterocycles. The van der Waals surface area contributed by atoms with Crippen molar-refractivity contribution in [2.75, 3.05) is 6.61 Å². The number of ether oxygens (including phenoxy) is 1. The van der Waals surface area contributed by atoms with Gasteiger partial charge in [0.1, 0.15) is 0 Å². The molecule has 1 aliphatic rings. The molecule has 5 nitrogen and oxygen atoms in total. The summed E-state index contributed by atoms with van der Waals surface area (Å²) >= 11 is 0. The molecule has 0 saturated carbocycles. The first-order valence-electron chi connectivity index (χ1n) is 7.19. The van der Waals surface area contributed by atoms with E-state index in [-0.39, 0.29) is 11.8 Å². The van der Waals surface area contributed by atoms with Gasteiger partial charge >= 0.3 is 0 Å². The van der Waals surface area contributed by atoms with E-state index >= 15 is 0 Å². The monoisotopic (exact) mass is 279 g/mol. The molecule has 0 spiro atoms. The van der Waals surface area contributed by atoms with Gasteiger partial charge in [-0.25, -0.2) is 0 Å². The lowest BCUT2D eigenvalue weighted by molar-refractivity contribution is -0.385. The number of hydrogen-bond donors (Lipinski definition) is 1. The number of aliphatic hydroxyl groups excluding tert-OH is 1. The third-order valence-electron chi connectivity index (χ3n) is 3.74. The normalized spacial score (nSPS) is 20.6. The SMILES string of the molecule is O=[N+]([O-])c1ccccc1CC(O)CCC1CCCCO1. The van der Waals surface area contributed by atoms with E-state index in [9.17, 15) is 15.2 Å². The van der Waals surface area contributed by atoms with Gasteiger partial charge in [0, 0.05) is 24.7 Å². The molecule has 2 unspecified atom stereocenters. The van der Waals surface area contributed by atoms with Crippen molar-refractivity contribution in [1.29, 1.82) is 0 Å². The smallest absolute Gasteiger partial charge is 0.272 e. The molecule has 1 aromatic rings. The minimum atomic E-state index is -0.554. The second-order valence-electron chi connectivity index (χ2n) is 5.31. The molecule has 1 N–H and O–H groups in total. The lowest BCUT2D eigenvalue weighted by Gasteiger charge is -2.23. The molecule has 2 atom stereocenters. The van der Waals surface area contributed by atoms with Gasteiger partial charge in [0.2, 0.25) is 0 Å². The number of nitrogens with zero attached hydrogens (tertiary/aromatic N) is 1. The molecular weight excluding hydrogens is 258 g/mol. The third-order valence-corrected chi connectivity index (χ3v) is 3.74. The molecule has 1 heterocycles. The summed E-state index contributed by atoms with van der Waals surface area (Å²) in [5.74, 6) is 0. The molecule has 0 aromatic heterocycles. The number of nitro benzene ring substituents is 1. The van der Waals surface area contributed by atoms with E-state index in [4.69, 9.17) is 4.74 Å². The van der Waals surface area contributed by atoms with Gasteiger partial charge < -0.3 is 9.84 Å². The second kappa shape index (κ2) is 7.36. The van der Waals surface area contributed by atoms with Gasteiger partial charge in [-0.3, -0.25) is 10.1 Å². The average Bonchev–Trinajstić information content (AvgIpc) is 2.46. The fourth-order valence-corrected chi connectivity index (χ4v) is 2.63. The van der Waals surface area contributed by atoms with Crippen LogP contribution in [0.2, 0.25) is 0 Å². The van der Waals surface area contributed by atoms with Crippen LogP contribution in [0.5, 0.6) is 0 Å². The van der Waals surface area contributed by atoms with Gasteiger partial charge in [0.25, 0.3) is 5.69 Å². The first-order valence-corrected chi connectivity index (χ1v) is 7.19. The predicted octanol–water partition coefficient (Wildman–Crippen LogP) is 2.85. The topological polar surface area (TPSA) is 72.6 Å². The highest BCUT2D eigenvalue weighted by Crippen LogP contribution is 2.22. The quantitative estimate of drug-likeness (QED) is 0.642. The summed E-state index contributed by atoms with van der Waals surface area (Å²) in [4.78, 5) is 10.5. The zero-order valence-corrected chi connectivity index (χ0v) is 11.5. The van der Waals surface area contributed by atoms with Crippen molar-refractivity contribution in [3.63, 3.8) is 0 Å². The molecule has 1 saturated heterocycles. The Morgan fingerprint density at radius 1 is 1.40 bits per heavy atom. The van der Waals surface area contributed by atoms with Crippen molar-refractivity contribution in [3.05, 3.63) is 39.9 Å². The van der Waals surface area contributed by atoms with Crippen LogP contribution < -0.4 is 0 Å². The molecule has 5 heteroatoms. The number of aliphatic hydroxyl groups is 1. The summed E-state index contributed by atoms with van der Waals surface area (Å²) in [6.45, 7) is 0.810. The van der Waals surface area contributed by atoms with Crippen LogP contribution in [0.1, 0.15) is 37.7 Å². The summed E-state index contributed by atoms with van der Waals surface area (Å²) in [5.41, 5.74) is 0.676. The van der Waals surface area contributed by atoms with Crippen molar-refractivity contribution in [3.8, 4) is 0 Å². The maximum atomic E-state index is 10.9. The molecule has 0 radical (unpaired) electrons. The predicted molar refractivity (Wildman–Crippen MR) is 75.6 cm³/mol. The van der Waals surface area contributed by atoms with Crippen molar-refractivity contribution in [2.45, 2.75) is 50.7 Å².